The van der Waals surface area contributed by atoms with Gasteiger partial charge in [-0.1, -0.05) is 0 Å². The van der Waals surface area contributed by atoms with Crippen LogP contribution in [0, 0.1) is 0 Å². The lowest BCUT2D eigenvalue weighted by Gasteiger charge is -2.24. The highest BCUT2D eigenvalue weighted by molar-refractivity contribution is 5.93. The Morgan fingerprint density at radius 2 is 2.00 bits per heavy atom. The van der Waals surface area contributed by atoms with E-state index in [9.17, 15) is 14.4 Å². The summed E-state index contributed by atoms with van der Waals surface area (Å²) < 4.78 is 5.40. The van der Waals surface area contributed by atoms with Crippen LogP contribution in [0.2, 0.25) is 0 Å². The molecule has 1 aromatic carbocycles. The number of fused-ring (bicyclic) bond motifs is 1. The van der Waals surface area contributed by atoms with Gasteiger partial charge in [-0.25, -0.2) is 4.79 Å². The number of benzene rings is 1. The molecular weight excluding hydrogens is 364 g/mol. The molecule has 28 heavy (non-hydrogen) atoms. The number of hydrogen-bond donors (Lipinski definition) is 3. The molecule has 1 unspecified atom stereocenters. The number of unbranched alkanes of at least 4 members (excludes halogenated alkanes) is 1. The van der Waals surface area contributed by atoms with Crippen LogP contribution in [0.5, 0.6) is 0 Å². The van der Waals surface area contributed by atoms with Crippen molar-refractivity contribution in [3.63, 3.8) is 0 Å². The fraction of sp³-hybridized carbons (Fsp3) is 0.550. The molecule has 3 N–H and O–H groups in total. The third-order valence-corrected chi connectivity index (χ3v) is 4.26. The Labute approximate surface area is 164 Å². The number of carbonyl (C=O) groups is 3. The van der Waals surface area contributed by atoms with Gasteiger partial charge in [0.2, 0.25) is 5.91 Å². The van der Waals surface area contributed by atoms with Crippen molar-refractivity contribution in [1.82, 2.24) is 4.90 Å². The monoisotopic (exact) mass is 392 g/mol. The second-order valence-electron chi connectivity index (χ2n) is 7.86. The lowest BCUT2D eigenvalue weighted by atomic mass is 10.1. The largest absolute Gasteiger partial charge is 0.481 e. The van der Waals surface area contributed by atoms with E-state index in [0.717, 1.165) is 0 Å². The third kappa shape index (κ3) is 5.95. The summed E-state index contributed by atoms with van der Waals surface area (Å²) in [7, 11) is 0. The second kappa shape index (κ2) is 9.05. The standard InChI is InChI=1S/C20H28N2O6/c1-20(2,3)28-19(27)13-6-7-15-14(10-13)12-22(8-4-5-9-23)18(26)16(21-15)11-17(24)25/h6-7,10,16,21,23H,4-5,8-9,11-12H2,1-3H3,(H,24,25). The zero-order valence-electron chi connectivity index (χ0n) is 16.5. The van der Waals surface area contributed by atoms with Gasteiger partial charge in [-0.15, -0.1) is 0 Å². The van der Waals surface area contributed by atoms with Crippen LogP contribution < -0.4 is 5.32 Å². The zero-order chi connectivity index (χ0) is 20.9. The van der Waals surface area contributed by atoms with Crippen molar-refractivity contribution in [2.45, 2.75) is 58.2 Å². The second-order valence-corrected chi connectivity index (χ2v) is 7.86. The molecule has 0 bridgehead atoms. The van der Waals surface area contributed by atoms with Gasteiger partial charge in [-0.3, -0.25) is 9.59 Å². The summed E-state index contributed by atoms with van der Waals surface area (Å²) in [4.78, 5) is 37.9. The van der Waals surface area contributed by atoms with Crippen molar-refractivity contribution in [1.29, 1.82) is 0 Å². The van der Waals surface area contributed by atoms with E-state index < -0.39 is 23.6 Å². The maximum Gasteiger partial charge on any atom is 0.338 e. The van der Waals surface area contributed by atoms with Crippen LogP contribution in [0.4, 0.5) is 5.69 Å². The number of nitrogens with one attached hydrogen (secondary N) is 1. The van der Waals surface area contributed by atoms with Crippen LogP contribution >= 0.6 is 0 Å². The van der Waals surface area contributed by atoms with Gasteiger partial charge >= 0.3 is 11.9 Å². The van der Waals surface area contributed by atoms with Crippen molar-refractivity contribution in [3.05, 3.63) is 29.3 Å². The third-order valence-electron chi connectivity index (χ3n) is 4.26. The quantitative estimate of drug-likeness (QED) is 0.480. The van der Waals surface area contributed by atoms with E-state index in [1.807, 2.05) is 0 Å². The molecule has 1 aliphatic heterocycles. The van der Waals surface area contributed by atoms with E-state index in [1.54, 1.807) is 43.9 Å². The summed E-state index contributed by atoms with van der Waals surface area (Å²) in [6, 6.07) is 4.06. The van der Waals surface area contributed by atoms with E-state index in [-0.39, 0.29) is 25.5 Å². The number of aliphatic hydroxyl groups is 1. The smallest absolute Gasteiger partial charge is 0.338 e. The Bertz CT molecular complexity index is 741. The van der Waals surface area contributed by atoms with E-state index in [4.69, 9.17) is 14.9 Å². The summed E-state index contributed by atoms with van der Waals surface area (Å²) >= 11 is 0. The summed E-state index contributed by atoms with van der Waals surface area (Å²) in [5.74, 6) is -1.84. The molecule has 2 rings (SSSR count). The number of hydrogen-bond acceptors (Lipinski definition) is 6. The Kier molecular flexibility index (Phi) is 7.01. The Morgan fingerprint density at radius 1 is 1.29 bits per heavy atom. The predicted octanol–water partition coefficient (Wildman–Crippen LogP) is 2.01. The zero-order valence-corrected chi connectivity index (χ0v) is 16.5. The number of amides is 1. The molecule has 8 heteroatoms. The molecule has 0 radical (unpaired) electrons. The van der Waals surface area contributed by atoms with Crippen LogP contribution in [-0.2, 0) is 20.9 Å². The lowest BCUT2D eigenvalue weighted by Crippen LogP contribution is -2.42. The fourth-order valence-electron chi connectivity index (χ4n) is 3.00. The molecule has 154 valence electrons. The maximum absolute atomic E-state index is 12.8. The van der Waals surface area contributed by atoms with Gasteiger partial charge in [0, 0.05) is 25.4 Å². The minimum atomic E-state index is -1.07. The highest BCUT2D eigenvalue weighted by Gasteiger charge is 2.31. The van der Waals surface area contributed by atoms with Gasteiger partial charge in [0.15, 0.2) is 0 Å². The van der Waals surface area contributed by atoms with Crippen LogP contribution in [0.3, 0.4) is 0 Å². The number of esters is 1. The molecule has 1 amide bonds. The highest BCUT2D eigenvalue weighted by Crippen LogP contribution is 2.26. The molecule has 8 nitrogen and oxygen atoms in total. The van der Waals surface area contributed by atoms with E-state index in [2.05, 4.69) is 5.32 Å². The minimum absolute atomic E-state index is 0.0260. The van der Waals surface area contributed by atoms with Gasteiger partial charge in [0.05, 0.1) is 12.0 Å². The molecule has 1 aliphatic rings. The summed E-state index contributed by atoms with van der Waals surface area (Å²) in [6.45, 7) is 6.03. The first-order valence-electron chi connectivity index (χ1n) is 9.35. The fourth-order valence-corrected chi connectivity index (χ4v) is 3.00. The minimum Gasteiger partial charge on any atom is -0.481 e. The van der Waals surface area contributed by atoms with Crippen LogP contribution in [-0.4, -0.2) is 57.8 Å². The van der Waals surface area contributed by atoms with Gasteiger partial charge in [-0.05, 0) is 57.4 Å². The van der Waals surface area contributed by atoms with Gasteiger partial charge < -0.3 is 25.2 Å². The molecule has 1 heterocycles. The molecule has 0 aromatic heterocycles. The van der Waals surface area contributed by atoms with Crippen molar-refractivity contribution >= 4 is 23.5 Å². The number of anilines is 1. The van der Waals surface area contributed by atoms with E-state index in [0.29, 0.717) is 36.2 Å². The van der Waals surface area contributed by atoms with Crippen molar-refractivity contribution < 1.29 is 29.3 Å². The molecule has 0 spiro atoms. The van der Waals surface area contributed by atoms with Gasteiger partial charge in [0.1, 0.15) is 11.6 Å². The first-order chi connectivity index (χ1) is 13.1. The number of aliphatic carboxylic acids is 1. The molecule has 0 fully saturated rings. The number of carboxylic acids is 1. The summed E-state index contributed by atoms with van der Waals surface area (Å²) in [5.41, 5.74) is 1.08. The molecule has 1 aromatic rings. The van der Waals surface area contributed by atoms with Crippen LogP contribution in [0.25, 0.3) is 0 Å². The topological polar surface area (TPSA) is 116 Å². The Hall–Kier alpha value is -2.61. The average Bonchev–Trinajstić information content (AvgIpc) is 2.70. The number of rotatable bonds is 7. The number of ether oxygens (including phenoxy) is 1. The van der Waals surface area contributed by atoms with E-state index >= 15 is 0 Å². The van der Waals surface area contributed by atoms with E-state index in [1.165, 1.54) is 0 Å². The van der Waals surface area contributed by atoms with Crippen molar-refractivity contribution in [2.75, 3.05) is 18.5 Å². The molecular formula is C20H28N2O6. The van der Waals surface area contributed by atoms with Crippen molar-refractivity contribution in [3.8, 4) is 0 Å². The number of nitrogens with zero attached hydrogens (tertiary/aromatic N) is 1. The highest BCUT2D eigenvalue weighted by atomic mass is 16.6. The molecule has 1 atom stereocenters. The summed E-state index contributed by atoms with van der Waals surface area (Å²) in [6.07, 6.45) is 0.803. The van der Waals surface area contributed by atoms with Gasteiger partial charge in [0.25, 0.3) is 0 Å². The Morgan fingerprint density at radius 3 is 2.61 bits per heavy atom. The average molecular weight is 392 g/mol. The van der Waals surface area contributed by atoms with Crippen LogP contribution in [0.15, 0.2) is 18.2 Å². The number of carboxylic acid groups (broad SMARTS) is 1. The SMILES string of the molecule is CC(C)(C)OC(=O)c1ccc2c(c1)CN(CCCCO)C(=O)C(CC(=O)O)N2. The Balaban J connectivity index is 2.31. The molecule has 0 saturated heterocycles. The predicted molar refractivity (Wildman–Crippen MR) is 103 cm³/mol. The van der Waals surface area contributed by atoms with Crippen LogP contribution in [0.1, 0.15) is 56.0 Å². The molecule has 0 aliphatic carbocycles. The number of carbonyl (C=O) groups excluding carboxylic acids is 2. The normalized spacial score (nSPS) is 16.8. The first-order valence-corrected chi connectivity index (χ1v) is 9.35. The lowest BCUT2D eigenvalue weighted by molar-refractivity contribution is -0.141. The van der Waals surface area contributed by atoms with Crippen molar-refractivity contribution in [2.24, 2.45) is 0 Å². The first kappa shape index (κ1) is 21.7. The van der Waals surface area contributed by atoms with Gasteiger partial charge in [-0.2, -0.15) is 0 Å². The maximum atomic E-state index is 12.8. The molecule has 0 saturated carbocycles. The summed E-state index contributed by atoms with van der Waals surface area (Å²) in [5, 5.41) is 21.1. The number of aliphatic hydroxyl groups excluding tert-OH is 1.